The van der Waals surface area contributed by atoms with E-state index in [0.717, 1.165) is 12.8 Å². The van der Waals surface area contributed by atoms with Crippen molar-refractivity contribution in [2.45, 2.75) is 44.6 Å². The van der Waals surface area contributed by atoms with Crippen molar-refractivity contribution in [2.75, 3.05) is 7.11 Å². The molecule has 0 aromatic carbocycles. The molecular formula is C13H18O3. The molecule has 1 aliphatic carbocycles. The van der Waals surface area contributed by atoms with E-state index in [9.17, 15) is 4.79 Å². The van der Waals surface area contributed by atoms with Gasteiger partial charge >= 0.3 is 5.97 Å². The predicted molar refractivity (Wildman–Crippen MR) is 60.8 cm³/mol. The van der Waals surface area contributed by atoms with Crippen molar-refractivity contribution in [3.05, 3.63) is 23.5 Å². The zero-order valence-corrected chi connectivity index (χ0v) is 9.91. The van der Waals surface area contributed by atoms with Gasteiger partial charge in [-0.25, -0.2) is 4.79 Å². The van der Waals surface area contributed by atoms with Crippen LogP contribution in [0, 0.1) is 0 Å². The first-order valence-electron chi connectivity index (χ1n) is 5.84. The Kier molecular flexibility index (Phi) is 3.03. The molecule has 2 aliphatic rings. The summed E-state index contributed by atoms with van der Waals surface area (Å²) >= 11 is 0. The maximum Gasteiger partial charge on any atom is 0.341 e. The summed E-state index contributed by atoms with van der Waals surface area (Å²) in [5.74, 6) is 0.371. The number of ether oxygens (including phenoxy) is 2. The standard InChI is InChI=1S/C13H18O3/c1-10-11(12(14)15-2)6-9-13(16-10)7-4-3-5-8-13/h6,9H,3-5,7-8H2,1-2H3. The van der Waals surface area contributed by atoms with Gasteiger partial charge in [0.15, 0.2) is 0 Å². The molecule has 0 radical (unpaired) electrons. The smallest absolute Gasteiger partial charge is 0.341 e. The van der Waals surface area contributed by atoms with Gasteiger partial charge in [0, 0.05) is 0 Å². The Labute approximate surface area is 96.1 Å². The van der Waals surface area contributed by atoms with Crippen LogP contribution in [0.15, 0.2) is 23.5 Å². The van der Waals surface area contributed by atoms with Gasteiger partial charge in [0.25, 0.3) is 0 Å². The second-order valence-corrected chi connectivity index (χ2v) is 4.52. The molecular weight excluding hydrogens is 204 g/mol. The molecule has 0 N–H and O–H groups in total. The molecule has 1 spiro atoms. The lowest BCUT2D eigenvalue weighted by Crippen LogP contribution is -2.34. The van der Waals surface area contributed by atoms with E-state index in [1.165, 1.54) is 26.4 Å². The molecule has 0 bridgehead atoms. The van der Waals surface area contributed by atoms with Gasteiger partial charge in [0.2, 0.25) is 0 Å². The van der Waals surface area contributed by atoms with Crippen LogP contribution in [0.2, 0.25) is 0 Å². The topological polar surface area (TPSA) is 35.5 Å². The Balaban J connectivity index is 2.16. The van der Waals surface area contributed by atoms with E-state index < -0.39 is 0 Å². The van der Waals surface area contributed by atoms with E-state index in [1.54, 1.807) is 0 Å². The van der Waals surface area contributed by atoms with Crippen LogP contribution in [-0.2, 0) is 14.3 Å². The Bertz CT molecular complexity index is 346. The molecule has 0 atom stereocenters. The van der Waals surface area contributed by atoms with Crippen molar-refractivity contribution < 1.29 is 14.3 Å². The van der Waals surface area contributed by atoms with Crippen LogP contribution in [-0.4, -0.2) is 18.7 Å². The Morgan fingerprint density at radius 3 is 2.62 bits per heavy atom. The highest BCUT2D eigenvalue weighted by molar-refractivity contribution is 5.92. The molecule has 0 aromatic rings. The zero-order chi connectivity index (χ0) is 11.6. The van der Waals surface area contributed by atoms with Gasteiger partial charge in [0.05, 0.1) is 12.7 Å². The lowest BCUT2D eigenvalue weighted by Gasteiger charge is -2.37. The fraction of sp³-hybridized carbons (Fsp3) is 0.615. The van der Waals surface area contributed by atoms with E-state index in [-0.39, 0.29) is 11.6 Å². The van der Waals surface area contributed by atoms with Crippen molar-refractivity contribution in [2.24, 2.45) is 0 Å². The summed E-state index contributed by atoms with van der Waals surface area (Å²) in [6.07, 6.45) is 9.67. The van der Waals surface area contributed by atoms with Gasteiger partial charge in [-0.1, -0.05) is 6.42 Å². The molecule has 1 aliphatic heterocycles. The van der Waals surface area contributed by atoms with Crippen molar-refractivity contribution in [3.8, 4) is 0 Å². The number of esters is 1. The second-order valence-electron chi connectivity index (χ2n) is 4.52. The van der Waals surface area contributed by atoms with Crippen LogP contribution < -0.4 is 0 Å². The van der Waals surface area contributed by atoms with E-state index in [4.69, 9.17) is 9.47 Å². The molecule has 1 fully saturated rings. The lowest BCUT2D eigenvalue weighted by atomic mass is 9.83. The summed E-state index contributed by atoms with van der Waals surface area (Å²) in [4.78, 5) is 11.4. The second kappa shape index (κ2) is 4.32. The summed E-state index contributed by atoms with van der Waals surface area (Å²) in [5.41, 5.74) is 0.388. The first-order valence-corrected chi connectivity index (χ1v) is 5.84. The zero-order valence-electron chi connectivity index (χ0n) is 9.91. The molecule has 3 heteroatoms. The van der Waals surface area contributed by atoms with Gasteiger partial charge in [0.1, 0.15) is 11.4 Å². The molecule has 0 saturated heterocycles. The fourth-order valence-electron chi connectivity index (χ4n) is 2.49. The van der Waals surface area contributed by atoms with E-state index in [0.29, 0.717) is 11.3 Å². The third-order valence-corrected chi connectivity index (χ3v) is 3.39. The number of allylic oxidation sites excluding steroid dienone is 1. The minimum Gasteiger partial charge on any atom is -0.487 e. The summed E-state index contributed by atoms with van der Waals surface area (Å²) < 4.78 is 10.7. The summed E-state index contributed by atoms with van der Waals surface area (Å²) in [5, 5.41) is 0. The Hall–Kier alpha value is -1.25. The van der Waals surface area contributed by atoms with Crippen LogP contribution in [0.25, 0.3) is 0 Å². The van der Waals surface area contributed by atoms with Crippen LogP contribution in [0.1, 0.15) is 39.0 Å². The minimum atomic E-state index is -0.320. The molecule has 0 amide bonds. The number of methoxy groups -OCH3 is 1. The lowest BCUT2D eigenvalue weighted by molar-refractivity contribution is -0.136. The highest BCUT2D eigenvalue weighted by Crippen LogP contribution is 2.38. The van der Waals surface area contributed by atoms with Crippen molar-refractivity contribution >= 4 is 5.97 Å². The van der Waals surface area contributed by atoms with Crippen LogP contribution >= 0.6 is 0 Å². The monoisotopic (exact) mass is 222 g/mol. The summed E-state index contributed by atoms with van der Waals surface area (Å²) in [6.45, 7) is 1.84. The average molecular weight is 222 g/mol. The number of carbonyl (C=O) groups excluding carboxylic acids is 1. The summed E-state index contributed by atoms with van der Waals surface area (Å²) in [7, 11) is 1.39. The fourth-order valence-corrected chi connectivity index (χ4v) is 2.49. The molecule has 0 unspecified atom stereocenters. The quantitative estimate of drug-likeness (QED) is 0.640. The molecule has 3 nitrogen and oxygen atoms in total. The number of hydrogen-bond donors (Lipinski definition) is 0. The highest BCUT2D eigenvalue weighted by Gasteiger charge is 2.35. The minimum absolute atomic E-state index is 0.153. The molecule has 16 heavy (non-hydrogen) atoms. The van der Waals surface area contributed by atoms with Crippen molar-refractivity contribution in [3.63, 3.8) is 0 Å². The third-order valence-electron chi connectivity index (χ3n) is 3.39. The number of hydrogen-bond acceptors (Lipinski definition) is 3. The summed E-state index contributed by atoms with van der Waals surface area (Å²) in [6, 6.07) is 0. The van der Waals surface area contributed by atoms with Gasteiger partial charge in [-0.15, -0.1) is 0 Å². The van der Waals surface area contributed by atoms with Gasteiger partial charge in [-0.05, 0) is 44.8 Å². The normalized spacial score (nSPS) is 23.1. The molecule has 2 rings (SSSR count). The van der Waals surface area contributed by atoms with Crippen molar-refractivity contribution in [1.82, 2.24) is 0 Å². The number of rotatable bonds is 1. The predicted octanol–water partition coefficient (Wildman–Crippen LogP) is 2.72. The molecule has 1 heterocycles. The van der Waals surface area contributed by atoms with E-state index >= 15 is 0 Å². The first kappa shape index (κ1) is 11.2. The van der Waals surface area contributed by atoms with Crippen molar-refractivity contribution in [1.29, 1.82) is 0 Å². The average Bonchev–Trinajstić information content (AvgIpc) is 2.29. The Morgan fingerprint density at radius 1 is 1.38 bits per heavy atom. The van der Waals surface area contributed by atoms with E-state index in [2.05, 4.69) is 0 Å². The van der Waals surface area contributed by atoms with Gasteiger partial charge in [-0.2, -0.15) is 0 Å². The first-order chi connectivity index (χ1) is 7.67. The van der Waals surface area contributed by atoms with E-state index in [1.807, 2.05) is 19.1 Å². The van der Waals surface area contributed by atoms with Gasteiger partial charge in [-0.3, -0.25) is 0 Å². The maximum absolute atomic E-state index is 11.4. The van der Waals surface area contributed by atoms with Gasteiger partial charge < -0.3 is 9.47 Å². The van der Waals surface area contributed by atoms with Crippen LogP contribution in [0.4, 0.5) is 0 Å². The SMILES string of the molecule is COC(=O)C1=C(C)OC2(C=C1)CCCCC2. The Morgan fingerprint density at radius 2 is 2.06 bits per heavy atom. The third kappa shape index (κ3) is 1.99. The number of carbonyl (C=O) groups is 1. The molecule has 0 aromatic heterocycles. The largest absolute Gasteiger partial charge is 0.487 e. The van der Waals surface area contributed by atoms with Crippen LogP contribution in [0.3, 0.4) is 0 Å². The highest BCUT2D eigenvalue weighted by atomic mass is 16.5. The molecule has 1 saturated carbocycles. The maximum atomic E-state index is 11.4. The molecule has 88 valence electrons. The van der Waals surface area contributed by atoms with Crippen LogP contribution in [0.5, 0.6) is 0 Å².